The first-order valence-corrected chi connectivity index (χ1v) is 5.23. The number of hydrogen-bond donors (Lipinski definition) is 1. The van der Waals surface area contributed by atoms with E-state index in [1.54, 1.807) is 0 Å². The average Bonchev–Trinajstić information content (AvgIpc) is 2.19. The molecule has 1 nitrogen and oxygen atoms in total. The van der Waals surface area contributed by atoms with Crippen molar-refractivity contribution in [2.45, 2.75) is 12.5 Å². The van der Waals surface area contributed by atoms with Crippen LogP contribution in [0.3, 0.4) is 0 Å². The Labute approximate surface area is 92.9 Å². The summed E-state index contributed by atoms with van der Waals surface area (Å²) >= 11 is 3.41. The SMILES string of the molecule is C=C[C@@H](O)C/C(Br)=C/c1ccccc1. The van der Waals surface area contributed by atoms with Gasteiger partial charge in [0.2, 0.25) is 0 Å². The van der Waals surface area contributed by atoms with E-state index in [1.165, 1.54) is 6.08 Å². The second kappa shape index (κ2) is 5.78. The predicted octanol–water partition coefficient (Wildman–Crippen LogP) is 3.36. The van der Waals surface area contributed by atoms with Crippen molar-refractivity contribution in [2.24, 2.45) is 0 Å². The molecule has 0 bridgehead atoms. The number of benzene rings is 1. The van der Waals surface area contributed by atoms with Gasteiger partial charge in [-0.3, -0.25) is 0 Å². The van der Waals surface area contributed by atoms with E-state index in [1.807, 2.05) is 36.4 Å². The molecule has 1 aromatic rings. The van der Waals surface area contributed by atoms with Gasteiger partial charge in [-0.15, -0.1) is 6.58 Å². The lowest BCUT2D eigenvalue weighted by Crippen LogP contribution is -2.00. The summed E-state index contributed by atoms with van der Waals surface area (Å²) in [5, 5.41) is 9.32. The standard InChI is InChI=1S/C12H13BrO/c1-2-12(14)9-11(13)8-10-6-4-3-5-7-10/h2-8,12,14H,1,9H2/b11-8-/t12-/m1/s1. The molecular formula is C12H13BrO. The van der Waals surface area contributed by atoms with Gasteiger partial charge in [-0.25, -0.2) is 0 Å². The summed E-state index contributed by atoms with van der Waals surface area (Å²) in [5.41, 5.74) is 1.12. The van der Waals surface area contributed by atoms with Crippen molar-refractivity contribution in [3.05, 3.63) is 53.0 Å². The largest absolute Gasteiger partial charge is 0.389 e. The molecule has 0 spiro atoms. The fourth-order valence-electron chi connectivity index (χ4n) is 1.07. The zero-order valence-electron chi connectivity index (χ0n) is 7.86. The third kappa shape index (κ3) is 3.90. The average molecular weight is 253 g/mol. The molecule has 1 N–H and O–H groups in total. The van der Waals surface area contributed by atoms with Gasteiger partial charge in [-0.05, 0) is 16.1 Å². The molecule has 1 aromatic carbocycles. The van der Waals surface area contributed by atoms with Crippen LogP contribution in [0.4, 0.5) is 0 Å². The molecule has 1 atom stereocenters. The third-order valence-corrected chi connectivity index (χ3v) is 2.35. The van der Waals surface area contributed by atoms with Gasteiger partial charge in [0.1, 0.15) is 0 Å². The molecule has 0 aliphatic heterocycles. The molecule has 0 fully saturated rings. The van der Waals surface area contributed by atoms with Gasteiger partial charge in [0, 0.05) is 6.42 Å². The Hall–Kier alpha value is -0.860. The van der Waals surface area contributed by atoms with Crippen molar-refractivity contribution in [1.29, 1.82) is 0 Å². The van der Waals surface area contributed by atoms with Crippen molar-refractivity contribution in [3.63, 3.8) is 0 Å². The van der Waals surface area contributed by atoms with E-state index in [0.29, 0.717) is 6.42 Å². The van der Waals surface area contributed by atoms with Crippen molar-refractivity contribution in [3.8, 4) is 0 Å². The van der Waals surface area contributed by atoms with Gasteiger partial charge in [-0.2, -0.15) is 0 Å². The van der Waals surface area contributed by atoms with Crippen LogP contribution in [0.1, 0.15) is 12.0 Å². The first kappa shape index (κ1) is 11.2. The normalized spacial score (nSPS) is 13.7. The summed E-state index contributed by atoms with van der Waals surface area (Å²) in [6.07, 6.45) is 3.61. The molecule has 0 radical (unpaired) electrons. The highest BCUT2D eigenvalue weighted by Crippen LogP contribution is 2.17. The molecule has 0 saturated heterocycles. The Morgan fingerprint density at radius 3 is 2.64 bits per heavy atom. The van der Waals surface area contributed by atoms with Crippen LogP contribution in [-0.2, 0) is 0 Å². The quantitative estimate of drug-likeness (QED) is 0.816. The van der Waals surface area contributed by atoms with Crippen LogP contribution in [-0.4, -0.2) is 11.2 Å². The Bertz CT molecular complexity index is 316. The van der Waals surface area contributed by atoms with Gasteiger partial charge in [0.05, 0.1) is 6.10 Å². The highest BCUT2D eigenvalue weighted by atomic mass is 79.9. The van der Waals surface area contributed by atoms with Crippen LogP contribution < -0.4 is 0 Å². The van der Waals surface area contributed by atoms with E-state index in [-0.39, 0.29) is 0 Å². The monoisotopic (exact) mass is 252 g/mol. The van der Waals surface area contributed by atoms with Gasteiger partial charge < -0.3 is 5.11 Å². The molecule has 14 heavy (non-hydrogen) atoms. The molecule has 1 rings (SSSR count). The summed E-state index contributed by atoms with van der Waals surface area (Å²) in [7, 11) is 0. The highest BCUT2D eigenvalue weighted by molar-refractivity contribution is 9.11. The maximum atomic E-state index is 9.32. The Morgan fingerprint density at radius 1 is 1.43 bits per heavy atom. The van der Waals surface area contributed by atoms with Gasteiger partial charge in [-0.1, -0.05) is 52.3 Å². The Balaban J connectivity index is 2.64. The summed E-state index contributed by atoms with van der Waals surface area (Å²) in [6, 6.07) is 9.97. The number of aliphatic hydroxyl groups is 1. The third-order valence-electron chi connectivity index (χ3n) is 1.80. The van der Waals surface area contributed by atoms with E-state index in [9.17, 15) is 5.11 Å². The zero-order chi connectivity index (χ0) is 10.4. The Morgan fingerprint density at radius 2 is 2.07 bits per heavy atom. The first-order valence-electron chi connectivity index (χ1n) is 4.44. The maximum absolute atomic E-state index is 9.32. The lowest BCUT2D eigenvalue weighted by molar-refractivity contribution is 0.227. The van der Waals surface area contributed by atoms with E-state index in [2.05, 4.69) is 22.5 Å². The molecule has 0 aliphatic rings. The second-order valence-electron chi connectivity index (χ2n) is 3.01. The minimum Gasteiger partial charge on any atom is -0.389 e. The zero-order valence-corrected chi connectivity index (χ0v) is 9.44. The highest BCUT2D eigenvalue weighted by Gasteiger charge is 2.00. The second-order valence-corrected chi connectivity index (χ2v) is 4.03. The van der Waals surface area contributed by atoms with E-state index < -0.39 is 6.10 Å². The summed E-state index contributed by atoms with van der Waals surface area (Å²) in [5.74, 6) is 0. The molecule has 0 saturated carbocycles. The molecule has 0 amide bonds. The molecular weight excluding hydrogens is 240 g/mol. The topological polar surface area (TPSA) is 20.2 Å². The van der Waals surface area contributed by atoms with Crippen LogP contribution in [0.5, 0.6) is 0 Å². The Kier molecular flexibility index (Phi) is 4.63. The van der Waals surface area contributed by atoms with Crippen LogP contribution in [0.15, 0.2) is 47.5 Å². The van der Waals surface area contributed by atoms with Crippen LogP contribution >= 0.6 is 15.9 Å². The van der Waals surface area contributed by atoms with E-state index in [0.717, 1.165) is 10.0 Å². The van der Waals surface area contributed by atoms with E-state index in [4.69, 9.17) is 0 Å². The fourth-order valence-corrected chi connectivity index (χ4v) is 1.67. The summed E-state index contributed by atoms with van der Waals surface area (Å²) in [6.45, 7) is 3.52. The lowest BCUT2D eigenvalue weighted by atomic mass is 10.1. The fraction of sp³-hybridized carbons (Fsp3) is 0.167. The first-order chi connectivity index (χ1) is 6.72. The van der Waals surface area contributed by atoms with Crippen LogP contribution in [0.25, 0.3) is 6.08 Å². The number of rotatable bonds is 4. The molecule has 0 unspecified atom stereocenters. The van der Waals surface area contributed by atoms with Crippen LogP contribution in [0.2, 0.25) is 0 Å². The van der Waals surface area contributed by atoms with Crippen molar-refractivity contribution < 1.29 is 5.11 Å². The lowest BCUT2D eigenvalue weighted by Gasteiger charge is -2.03. The van der Waals surface area contributed by atoms with Crippen LogP contribution in [0, 0.1) is 0 Å². The predicted molar refractivity (Wildman–Crippen MR) is 64.2 cm³/mol. The molecule has 0 aliphatic carbocycles. The number of halogens is 1. The summed E-state index contributed by atoms with van der Waals surface area (Å²) < 4.78 is 0.969. The summed E-state index contributed by atoms with van der Waals surface area (Å²) in [4.78, 5) is 0. The molecule has 74 valence electrons. The van der Waals surface area contributed by atoms with E-state index >= 15 is 0 Å². The van der Waals surface area contributed by atoms with Gasteiger partial charge in [0.25, 0.3) is 0 Å². The minimum atomic E-state index is -0.482. The number of aliphatic hydroxyl groups excluding tert-OH is 1. The molecule has 0 aromatic heterocycles. The smallest absolute Gasteiger partial charge is 0.0763 e. The van der Waals surface area contributed by atoms with Gasteiger partial charge in [0.15, 0.2) is 0 Å². The maximum Gasteiger partial charge on any atom is 0.0763 e. The molecule has 2 heteroatoms. The van der Waals surface area contributed by atoms with Crippen molar-refractivity contribution >= 4 is 22.0 Å². The van der Waals surface area contributed by atoms with Gasteiger partial charge >= 0.3 is 0 Å². The molecule has 0 heterocycles. The van der Waals surface area contributed by atoms with Crippen molar-refractivity contribution in [2.75, 3.05) is 0 Å². The van der Waals surface area contributed by atoms with Crippen molar-refractivity contribution in [1.82, 2.24) is 0 Å². The minimum absolute atomic E-state index is 0.482. The number of hydrogen-bond acceptors (Lipinski definition) is 1.